The van der Waals surface area contributed by atoms with Crippen LogP contribution in [0.1, 0.15) is 0 Å². The monoisotopic (exact) mass is 560 g/mol. The molecule has 6 N–H and O–H groups in total. The van der Waals surface area contributed by atoms with E-state index in [0.29, 0.717) is 16.7 Å². The molecule has 0 aromatic heterocycles. The molecular formula is C30H26O7P2. The normalized spacial score (nSPS) is 10.8. The van der Waals surface area contributed by atoms with Gasteiger partial charge in [-0.25, -0.2) is 4.31 Å². The van der Waals surface area contributed by atoms with Crippen LogP contribution >= 0.6 is 17.2 Å². The zero-order valence-corrected chi connectivity index (χ0v) is 22.3. The van der Waals surface area contributed by atoms with Crippen LogP contribution in [0.15, 0.2) is 121 Å². The fourth-order valence-electron chi connectivity index (χ4n) is 4.33. The van der Waals surface area contributed by atoms with E-state index >= 15 is 0 Å². The van der Waals surface area contributed by atoms with E-state index in [0.717, 1.165) is 27.8 Å². The SMILES string of the molecule is OP(O)OP(O)O.Oc1c(-c2ccccc2)c(O)c(-c2ccccc2)c(-c2ccccc2)c1-c1ccccc1. The average Bonchev–Trinajstić information content (AvgIpc) is 2.94. The van der Waals surface area contributed by atoms with Gasteiger partial charge in [0.25, 0.3) is 0 Å². The third kappa shape index (κ3) is 6.87. The summed E-state index contributed by atoms with van der Waals surface area (Å²) in [5.74, 6) is 0.136. The van der Waals surface area contributed by atoms with Crippen LogP contribution in [0.25, 0.3) is 44.5 Å². The lowest BCUT2D eigenvalue weighted by Gasteiger charge is -2.23. The fourth-order valence-corrected chi connectivity index (χ4v) is 4.86. The Labute approximate surface area is 228 Å². The van der Waals surface area contributed by atoms with Crippen LogP contribution < -0.4 is 0 Å². The van der Waals surface area contributed by atoms with Crippen LogP contribution in [-0.4, -0.2) is 29.8 Å². The van der Waals surface area contributed by atoms with E-state index < -0.39 is 17.2 Å². The highest BCUT2D eigenvalue weighted by Crippen LogP contribution is 2.55. The first-order valence-corrected chi connectivity index (χ1v) is 14.1. The first-order chi connectivity index (χ1) is 18.9. The van der Waals surface area contributed by atoms with Crippen molar-refractivity contribution in [2.45, 2.75) is 0 Å². The quantitative estimate of drug-likeness (QED) is 0.121. The Hall–Kier alpha value is -3.64. The maximum atomic E-state index is 11.6. The van der Waals surface area contributed by atoms with Crippen LogP contribution in [0.2, 0.25) is 0 Å². The number of phenols is 2. The third-order valence-corrected chi connectivity index (χ3v) is 7.01. The second-order valence-corrected chi connectivity index (χ2v) is 9.91. The van der Waals surface area contributed by atoms with Gasteiger partial charge in [0.05, 0.1) is 5.56 Å². The molecule has 0 fully saturated rings. The molecule has 0 atom stereocenters. The fraction of sp³-hybridized carbons (Fsp3) is 0. The number of benzene rings is 5. The van der Waals surface area contributed by atoms with E-state index in [1.54, 1.807) is 0 Å². The molecule has 5 aromatic rings. The second kappa shape index (κ2) is 13.4. The highest BCUT2D eigenvalue weighted by molar-refractivity contribution is 7.53. The van der Waals surface area contributed by atoms with Crippen molar-refractivity contribution in [1.82, 2.24) is 0 Å². The molecular weight excluding hydrogens is 534 g/mol. The summed E-state index contributed by atoms with van der Waals surface area (Å²) in [6, 6.07) is 39.2. The van der Waals surface area contributed by atoms with Crippen molar-refractivity contribution in [2.24, 2.45) is 0 Å². The Morgan fingerprint density at radius 3 is 0.872 bits per heavy atom. The summed E-state index contributed by atoms with van der Waals surface area (Å²) in [4.78, 5) is 31.3. The van der Waals surface area contributed by atoms with E-state index in [4.69, 9.17) is 19.6 Å². The Morgan fingerprint density at radius 1 is 0.359 bits per heavy atom. The van der Waals surface area contributed by atoms with Crippen LogP contribution in [0.5, 0.6) is 11.5 Å². The zero-order valence-electron chi connectivity index (χ0n) is 20.5. The van der Waals surface area contributed by atoms with Gasteiger partial charge in [0, 0.05) is 16.7 Å². The average molecular weight is 560 g/mol. The van der Waals surface area contributed by atoms with Crippen molar-refractivity contribution in [3.8, 4) is 56.0 Å². The molecule has 5 rings (SSSR count). The molecule has 0 amide bonds. The lowest BCUT2D eigenvalue weighted by molar-refractivity contribution is 0.324. The van der Waals surface area contributed by atoms with Crippen LogP contribution in [-0.2, 0) is 4.31 Å². The molecule has 0 saturated heterocycles. The van der Waals surface area contributed by atoms with Crippen molar-refractivity contribution in [3.05, 3.63) is 121 Å². The van der Waals surface area contributed by atoms with Gasteiger partial charge in [-0.3, -0.25) is 0 Å². The molecule has 0 aliphatic carbocycles. The molecule has 9 heteroatoms. The zero-order chi connectivity index (χ0) is 27.8. The topological polar surface area (TPSA) is 131 Å². The lowest BCUT2D eigenvalue weighted by Crippen LogP contribution is -1.95. The Bertz CT molecular complexity index is 1410. The second-order valence-electron chi connectivity index (χ2n) is 8.25. The number of rotatable bonds is 6. The molecule has 0 spiro atoms. The molecule has 0 saturated carbocycles. The van der Waals surface area contributed by atoms with E-state index in [9.17, 15) is 10.2 Å². The minimum Gasteiger partial charge on any atom is -0.506 e. The van der Waals surface area contributed by atoms with Gasteiger partial charge in [0.1, 0.15) is 11.5 Å². The molecule has 0 bridgehead atoms. The van der Waals surface area contributed by atoms with Crippen molar-refractivity contribution < 1.29 is 34.1 Å². The van der Waals surface area contributed by atoms with Crippen LogP contribution in [0.4, 0.5) is 0 Å². The van der Waals surface area contributed by atoms with E-state index in [2.05, 4.69) is 4.31 Å². The summed E-state index contributed by atoms with van der Waals surface area (Å²) in [6.45, 7) is 0. The van der Waals surface area contributed by atoms with Crippen molar-refractivity contribution in [3.63, 3.8) is 0 Å². The highest BCUT2D eigenvalue weighted by atomic mass is 31.2. The van der Waals surface area contributed by atoms with Crippen molar-refractivity contribution in [2.75, 3.05) is 0 Å². The van der Waals surface area contributed by atoms with Gasteiger partial charge in [0.2, 0.25) is 0 Å². The molecule has 7 nitrogen and oxygen atoms in total. The molecule has 0 heterocycles. The van der Waals surface area contributed by atoms with Gasteiger partial charge in [-0.1, -0.05) is 121 Å². The Kier molecular flexibility index (Phi) is 9.77. The van der Waals surface area contributed by atoms with Crippen LogP contribution in [0.3, 0.4) is 0 Å². The van der Waals surface area contributed by atoms with Gasteiger partial charge in [-0.15, -0.1) is 0 Å². The number of hydrogen-bond donors (Lipinski definition) is 6. The van der Waals surface area contributed by atoms with Gasteiger partial charge >= 0.3 is 17.2 Å². The summed E-state index contributed by atoms with van der Waals surface area (Å²) >= 11 is 0. The van der Waals surface area contributed by atoms with Gasteiger partial charge < -0.3 is 29.8 Å². The summed E-state index contributed by atoms with van der Waals surface area (Å²) < 4.78 is 3.60. The standard InChI is InChI=1S/C30H22O2.H4O5P2/c31-29-26(22-15-7-2-8-16-22)25(21-13-5-1-6-14-21)27(23-17-9-3-10-18-23)30(32)28(29)24-19-11-4-12-20-24;1-6(2)5-7(3)4/h1-20,31-32H;1-4H. The van der Waals surface area contributed by atoms with E-state index in [1.165, 1.54) is 0 Å². The largest absolute Gasteiger partial charge is 0.506 e. The van der Waals surface area contributed by atoms with Crippen molar-refractivity contribution in [1.29, 1.82) is 0 Å². The van der Waals surface area contributed by atoms with Crippen LogP contribution in [0, 0.1) is 0 Å². The minimum absolute atomic E-state index is 0.0680. The smallest absolute Gasteiger partial charge is 0.334 e. The molecule has 0 unspecified atom stereocenters. The summed E-state index contributed by atoms with van der Waals surface area (Å²) in [5, 5.41) is 23.3. The molecule has 198 valence electrons. The minimum atomic E-state index is -2.61. The first-order valence-electron chi connectivity index (χ1n) is 11.8. The van der Waals surface area contributed by atoms with Gasteiger partial charge in [-0.05, 0) is 22.3 Å². The first kappa shape index (κ1) is 28.4. The Balaban J connectivity index is 0.000000448. The highest BCUT2D eigenvalue weighted by Gasteiger charge is 2.27. The predicted molar refractivity (Wildman–Crippen MR) is 155 cm³/mol. The maximum absolute atomic E-state index is 11.6. The van der Waals surface area contributed by atoms with Crippen molar-refractivity contribution >= 4 is 17.2 Å². The molecule has 0 aliphatic rings. The maximum Gasteiger partial charge on any atom is 0.334 e. The molecule has 0 aliphatic heterocycles. The number of aromatic hydroxyl groups is 2. The molecule has 5 aromatic carbocycles. The molecule has 0 radical (unpaired) electrons. The van der Waals surface area contributed by atoms with E-state index in [1.807, 2.05) is 121 Å². The summed E-state index contributed by atoms with van der Waals surface area (Å²) in [5.41, 5.74) is 6.10. The number of hydrogen-bond acceptors (Lipinski definition) is 7. The lowest BCUT2D eigenvalue weighted by atomic mass is 9.83. The Morgan fingerprint density at radius 2 is 0.615 bits per heavy atom. The third-order valence-electron chi connectivity index (χ3n) is 5.84. The number of phenolic OH excluding ortho intramolecular Hbond substituents is 2. The molecule has 39 heavy (non-hydrogen) atoms. The summed E-state index contributed by atoms with van der Waals surface area (Å²) in [7, 11) is -5.22. The van der Waals surface area contributed by atoms with E-state index in [-0.39, 0.29) is 11.5 Å². The van der Waals surface area contributed by atoms with Gasteiger partial charge in [-0.2, -0.15) is 0 Å². The van der Waals surface area contributed by atoms with Gasteiger partial charge in [0.15, 0.2) is 0 Å². The summed E-state index contributed by atoms with van der Waals surface area (Å²) in [6.07, 6.45) is 0. The predicted octanol–water partition coefficient (Wildman–Crippen LogP) is 7.19.